The lowest BCUT2D eigenvalue weighted by Crippen LogP contribution is -2.44. The quantitative estimate of drug-likeness (QED) is 0.794. The van der Waals surface area contributed by atoms with E-state index in [1.54, 1.807) is 11.8 Å². The molecular formula is C14H22N2O4. The van der Waals surface area contributed by atoms with E-state index < -0.39 is 5.97 Å². The first-order chi connectivity index (χ1) is 9.47. The zero-order chi connectivity index (χ0) is 14.7. The number of amides is 2. The molecule has 1 heterocycles. The van der Waals surface area contributed by atoms with E-state index >= 15 is 0 Å². The van der Waals surface area contributed by atoms with E-state index in [0.717, 1.165) is 6.42 Å². The van der Waals surface area contributed by atoms with Crippen LogP contribution in [0.4, 0.5) is 0 Å². The molecule has 1 aliphatic carbocycles. The maximum Gasteiger partial charge on any atom is 0.306 e. The molecule has 2 atom stereocenters. The molecular weight excluding hydrogens is 260 g/mol. The van der Waals surface area contributed by atoms with Crippen LogP contribution in [0.3, 0.4) is 0 Å². The van der Waals surface area contributed by atoms with Gasteiger partial charge in [-0.25, -0.2) is 0 Å². The van der Waals surface area contributed by atoms with Crippen LogP contribution in [0.5, 0.6) is 0 Å². The first kappa shape index (κ1) is 14.8. The number of carboxylic acid groups (broad SMARTS) is 1. The third-order valence-corrected chi connectivity index (χ3v) is 4.44. The number of carboxylic acids is 1. The van der Waals surface area contributed by atoms with E-state index in [2.05, 4.69) is 5.32 Å². The van der Waals surface area contributed by atoms with Crippen LogP contribution in [0.15, 0.2) is 0 Å². The number of likely N-dealkylation sites (tertiary alicyclic amines) is 1. The largest absolute Gasteiger partial charge is 0.481 e. The van der Waals surface area contributed by atoms with Gasteiger partial charge in [0.2, 0.25) is 11.8 Å². The lowest BCUT2D eigenvalue weighted by atomic mass is 9.95. The van der Waals surface area contributed by atoms with Crippen LogP contribution in [-0.4, -0.2) is 46.9 Å². The van der Waals surface area contributed by atoms with Crippen molar-refractivity contribution in [2.24, 2.45) is 11.8 Å². The first-order valence-electron chi connectivity index (χ1n) is 7.26. The third kappa shape index (κ3) is 3.49. The molecule has 0 radical (unpaired) electrons. The Labute approximate surface area is 118 Å². The van der Waals surface area contributed by atoms with Crippen molar-refractivity contribution in [1.29, 1.82) is 0 Å². The van der Waals surface area contributed by atoms with Gasteiger partial charge in [-0.2, -0.15) is 0 Å². The molecule has 2 aliphatic rings. The average Bonchev–Trinajstić information content (AvgIpc) is 2.87. The fourth-order valence-electron chi connectivity index (χ4n) is 3.11. The molecule has 2 fully saturated rings. The van der Waals surface area contributed by atoms with Crippen molar-refractivity contribution >= 4 is 17.8 Å². The van der Waals surface area contributed by atoms with Gasteiger partial charge in [0.1, 0.15) is 0 Å². The Kier molecular flexibility index (Phi) is 4.62. The number of hydrogen-bond acceptors (Lipinski definition) is 3. The highest BCUT2D eigenvalue weighted by atomic mass is 16.4. The van der Waals surface area contributed by atoms with E-state index in [4.69, 9.17) is 5.11 Å². The van der Waals surface area contributed by atoms with Crippen LogP contribution in [0.2, 0.25) is 0 Å². The average molecular weight is 282 g/mol. The number of nitrogens with one attached hydrogen (secondary N) is 1. The zero-order valence-electron chi connectivity index (χ0n) is 11.8. The molecule has 0 unspecified atom stereocenters. The monoisotopic (exact) mass is 282 g/mol. The van der Waals surface area contributed by atoms with Crippen LogP contribution in [0.25, 0.3) is 0 Å². The van der Waals surface area contributed by atoms with Crippen molar-refractivity contribution < 1.29 is 19.5 Å². The first-order valence-corrected chi connectivity index (χ1v) is 7.26. The topological polar surface area (TPSA) is 86.7 Å². The second-order valence-electron chi connectivity index (χ2n) is 5.83. The van der Waals surface area contributed by atoms with E-state index in [0.29, 0.717) is 38.8 Å². The van der Waals surface area contributed by atoms with Crippen LogP contribution >= 0.6 is 0 Å². The number of nitrogens with zero attached hydrogens (tertiary/aromatic N) is 1. The second kappa shape index (κ2) is 6.24. The van der Waals surface area contributed by atoms with Crippen LogP contribution < -0.4 is 5.32 Å². The Morgan fingerprint density at radius 1 is 1.05 bits per heavy atom. The summed E-state index contributed by atoms with van der Waals surface area (Å²) in [6.45, 7) is 2.82. The number of carbonyl (C=O) groups excluding carboxylic acids is 2. The molecule has 20 heavy (non-hydrogen) atoms. The summed E-state index contributed by atoms with van der Waals surface area (Å²) in [5, 5.41) is 11.9. The van der Waals surface area contributed by atoms with Gasteiger partial charge in [-0.1, -0.05) is 0 Å². The maximum atomic E-state index is 12.1. The van der Waals surface area contributed by atoms with Gasteiger partial charge in [0.05, 0.1) is 5.92 Å². The lowest BCUT2D eigenvalue weighted by Gasteiger charge is -2.31. The molecule has 2 N–H and O–H groups in total. The predicted octanol–water partition coefficient (Wildman–Crippen LogP) is 0.614. The lowest BCUT2D eigenvalue weighted by molar-refractivity contribution is -0.141. The third-order valence-electron chi connectivity index (χ3n) is 4.44. The molecule has 0 aromatic carbocycles. The number of piperidine rings is 1. The van der Waals surface area contributed by atoms with Gasteiger partial charge < -0.3 is 15.3 Å². The van der Waals surface area contributed by atoms with Crippen LogP contribution in [0, 0.1) is 11.8 Å². The predicted molar refractivity (Wildman–Crippen MR) is 71.9 cm³/mol. The Bertz CT molecular complexity index is 402. The molecule has 6 nitrogen and oxygen atoms in total. The van der Waals surface area contributed by atoms with Crippen molar-refractivity contribution in [3.05, 3.63) is 0 Å². The van der Waals surface area contributed by atoms with Crippen molar-refractivity contribution in [2.45, 2.75) is 45.1 Å². The van der Waals surface area contributed by atoms with Gasteiger partial charge in [0.25, 0.3) is 0 Å². The Morgan fingerprint density at radius 3 is 2.20 bits per heavy atom. The summed E-state index contributed by atoms with van der Waals surface area (Å²) in [6.07, 6.45) is 3.31. The summed E-state index contributed by atoms with van der Waals surface area (Å²) in [6, 6.07) is -0.00515. The summed E-state index contributed by atoms with van der Waals surface area (Å²) < 4.78 is 0. The standard InChI is InChI=1S/C14H22N2O4/c1-9(17)16-6-4-10(5-7-16)13(18)15-12-3-2-11(8-12)14(19)20/h10-12H,2-8H2,1H3,(H,15,18)(H,19,20)/t11-,12+/m1/s1. The van der Waals surface area contributed by atoms with E-state index in [-0.39, 0.29) is 29.7 Å². The highest BCUT2D eigenvalue weighted by molar-refractivity contribution is 5.80. The molecule has 2 amide bonds. The van der Waals surface area contributed by atoms with Gasteiger partial charge in [-0.05, 0) is 32.1 Å². The van der Waals surface area contributed by atoms with Gasteiger partial charge in [-0.3, -0.25) is 14.4 Å². The molecule has 6 heteroatoms. The normalized spacial score (nSPS) is 27.4. The Hall–Kier alpha value is -1.59. The van der Waals surface area contributed by atoms with Crippen LogP contribution in [-0.2, 0) is 14.4 Å². The minimum Gasteiger partial charge on any atom is -0.481 e. The number of rotatable bonds is 3. The molecule has 0 spiro atoms. The number of carbonyl (C=O) groups is 3. The minimum atomic E-state index is -0.767. The van der Waals surface area contributed by atoms with Gasteiger partial charge >= 0.3 is 5.97 Å². The van der Waals surface area contributed by atoms with Gasteiger partial charge in [-0.15, -0.1) is 0 Å². The van der Waals surface area contributed by atoms with E-state index in [1.807, 2.05) is 0 Å². The number of hydrogen-bond donors (Lipinski definition) is 2. The van der Waals surface area contributed by atoms with Gasteiger partial charge in [0.15, 0.2) is 0 Å². The minimum absolute atomic E-state index is 0.00515. The summed E-state index contributed by atoms with van der Waals surface area (Å²) in [4.78, 5) is 36.0. The van der Waals surface area contributed by atoms with Crippen molar-refractivity contribution in [3.8, 4) is 0 Å². The smallest absolute Gasteiger partial charge is 0.306 e. The zero-order valence-corrected chi connectivity index (χ0v) is 11.8. The Morgan fingerprint density at radius 2 is 1.70 bits per heavy atom. The molecule has 0 aromatic rings. The molecule has 1 saturated carbocycles. The summed E-state index contributed by atoms with van der Waals surface area (Å²) in [7, 11) is 0. The molecule has 0 bridgehead atoms. The van der Waals surface area contributed by atoms with Crippen LogP contribution in [0.1, 0.15) is 39.0 Å². The van der Waals surface area contributed by atoms with Crippen molar-refractivity contribution in [3.63, 3.8) is 0 Å². The van der Waals surface area contributed by atoms with Gasteiger partial charge in [0, 0.05) is 32.0 Å². The SMILES string of the molecule is CC(=O)N1CCC(C(=O)N[C@H]2CC[C@@H](C(=O)O)C2)CC1. The van der Waals surface area contributed by atoms with E-state index in [9.17, 15) is 14.4 Å². The highest BCUT2D eigenvalue weighted by Gasteiger charge is 2.33. The maximum absolute atomic E-state index is 12.1. The summed E-state index contributed by atoms with van der Waals surface area (Å²) in [5.41, 5.74) is 0. The summed E-state index contributed by atoms with van der Waals surface area (Å²) >= 11 is 0. The van der Waals surface area contributed by atoms with Crippen molar-refractivity contribution in [1.82, 2.24) is 10.2 Å². The molecule has 2 rings (SSSR count). The molecule has 1 saturated heterocycles. The molecule has 1 aliphatic heterocycles. The highest BCUT2D eigenvalue weighted by Crippen LogP contribution is 2.26. The fraction of sp³-hybridized carbons (Fsp3) is 0.786. The summed E-state index contributed by atoms with van der Waals surface area (Å²) in [5.74, 6) is -1.06. The molecule has 0 aromatic heterocycles. The second-order valence-corrected chi connectivity index (χ2v) is 5.83. The van der Waals surface area contributed by atoms with Crippen molar-refractivity contribution in [2.75, 3.05) is 13.1 Å². The van der Waals surface area contributed by atoms with E-state index in [1.165, 1.54) is 0 Å². The molecule has 112 valence electrons. The number of aliphatic carboxylic acids is 1. The Balaban J connectivity index is 1.76. The fourth-order valence-corrected chi connectivity index (χ4v) is 3.11.